The molecule has 0 bridgehead atoms. The number of carboxylic acid groups (broad SMARTS) is 1. The molecule has 0 aliphatic carbocycles. The molecule has 0 saturated carbocycles. The number of aliphatic imine (C=N–C) groups is 1. The molecule has 0 aliphatic heterocycles. The molecule has 0 fully saturated rings. The second-order valence-electron chi connectivity index (χ2n) is 2.73. The van der Waals surface area contributed by atoms with Gasteiger partial charge in [0, 0.05) is 5.56 Å². The first kappa shape index (κ1) is 11.9. The minimum atomic E-state index is -1.92. The van der Waals surface area contributed by atoms with Crippen LogP contribution in [0.5, 0.6) is 0 Å². The van der Waals surface area contributed by atoms with E-state index in [2.05, 4.69) is 4.99 Å². The Morgan fingerprint density at radius 3 is 2.50 bits per heavy atom. The summed E-state index contributed by atoms with van der Waals surface area (Å²) in [5.41, 5.74) is -1.93. The van der Waals surface area contributed by atoms with Crippen LogP contribution in [-0.4, -0.2) is 17.2 Å². The number of nitrogens with zero attached hydrogens (tertiary/aromatic N) is 1. The topological polar surface area (TPSA) is 66.7 Å². The van der Waals surface area contributed by atoms with Gasteiger partial charge in [-0.3, -0.25) is 0 Å². The van der Waals surface area contributed by atoms with Crippen molar-refractivity contribution in [3.8, 4) is 0 Å². The summed E-state index contributed by atoms with van der Waals surface area (Å²) >= 11 is 0. The molecule has 84 valence electrons. The van der Waals surface area contributed by atoms with E-state index in [1.165, 1.54) is 0 Å². The van der Waals surface area contributed by atoms with E-state index in [0.717, 1.165) is 6.08 Å². The molecule has 0 aliphatic rings. The zero-order chi connectivity index (χ0) is 12.3. The highest BCUT2D eigenvalue weighted by Gasteiger charge is 2.23. The van der Waals surface area contributed by atoms with Gasteiger partial charge in [0.05, 0.1) is 6.54 Å². The van der Waals surface area contributed by atoms with Gasteiger partial charge in [-0.1, -0.05) is 0 Å². The van der Waals surface area contributed by atoms with Gasteiger partial charge in [0.15, 0.2) is 11.6 Å². The fourth-order valence-electron chi connectivity index (χ4n) is 1.07. The average Bonchev–Trinajstić information content (AvgIpc) is 2.21. The molecule has 0 unspecified atom stereocenters. The van der Waals surface area contributed by atoms with Gasteiger partial charge < -0.3 is 5.11 Å². The zero-order valence-electron chi connectivity index (χ0n) is 7.63. The van der Waals surface area contributed by atoms with Crippen LogP contribution in [0.25, 0.3) is 0 Å². The third kappa shape index (κ3) is 2.09. The molecule has 16 heavy (non-hydrogen) atoms. The Morgan fingerprint density at radius 1 is 1.38 bits per heavy atom. The fraction of sp³-hybridized carbons (Fsp3) is 0.111. The lowest BCUT2D eigenvalue weighted by Crippen LogP contribution is -2.09. The molecular formula is C9H4F3NO3. The Hall–Kier alpha value is -2.14. The van der Waals surface area contributed by atoms with Crippen LogP contribution in [-0.2, 0) is 11.3 Å². The smallest absolute Gasteiger partial charge is 0.341 e. The molecule has 1 aromatic rings. The summed E-state index contributed by atoms with van der Waals surface area (Å²) in [6.07, 6.45) is 1.07. The third-order valence-electron chi connectivity index (χ3n) is 1.76. The largest absolute Gasteiger partial charge is 0.477 e. The van der Waals surface area contributed by atoms with E-state index in [1.807, 2.05) is 0 Å². The van der Waals surface area contributed by atoms with E-state index in [4.69, 9.17) is 5.11 Å². The monoisotopic (exact) mass is 231 g/mol. The van der Waals surface area contributed by atoms with E-state index < -0.39 is 41.1 Å². The normalized spacial score (nSPS) is 9.69. The molecule has 0 spiro atoms. The molecule has 1 N–H and O–H groups in total. The highest BCUT2D eigenvalue weighted by Crippen LogP contribution is 2.20. The number of benzene rings is 1. The molecule has 4 nitrogen and oxygen atoms in total. The van der Waals surface area contributed by atoms with Gasteiger partial charge >= 0.3 is 5.97 Å². The predicted octanol–water partition coefficient (Wildman–Crippen LogP) is 1.64. The van der Waals surface area contributed by atoms with Crippen molar-refractivity contribution in [2.24, 2.45) is 4.99 Å². The van der Waals surface area contributed by atoms with Crippen LogP contribution in [0.4, 0.5) is 13.2 Å². The summed E-state index contributed by atoms with van der Waals surface area (Å²) < 4.78 is 39.2. The van der Waals surface area contributed by atoms with Crippen LogP contribution in [0.2, 0.25) is 0 Å². The van der Waals surface area contributed by atoms with E-state index in [9.17, 15) is 22.8 Å². The van der Waals surface area contributed by atoms with Crippen molar-refractivity contribution in [3.05, 3.63) is 34.6 Å². The second kappa shape index (κ2) is 4.59. The van der Waals surface area contributed by atoms with Crippen LogP contribution >= 0.6 is 0 Å². The maximum Gasteiger partial charge on any atom is 0.341 e. The highest BCUT2D eigenvalue weighted by molar-refractivity contribution is 5.88. The Morgan fingerprint density at radius 2 is 2.00 bits per heavy atom. The molecule has 0 aromatic heterocycles. The number of halogens is 3. The summed E-state index contributed by atoms with van der Waals surface area (Å²) in [5, 5.41) is 8.41. The number of rotatable bonds is 3. The quantitative estimate of drug-likeness (QED) is 0.488. The van der Waals surface area contributed by atoms with Gasteiger partial charge in [-0.05, 0) is 6.07 Å². The van der Waals surface area contributed by atoms with Gasteiger partial charge in [-0.2, -0.15) is 0 Å². The predicted molar refractivity (Wildman–Crippen MR) is 45.1 cm³/mol. The van der Waals surface area contributed by atoms with Gasteiger partial charge in [-0.25, -0.2) is 27.8 Å². The first-order valence-corrected chi connectivity index (χ1v) is 3.92. The lowest BCUT2D eigenvalue weighted by atomic mass is 10.1. The molecule has 0 heterocycles. The van der Waals surface area contributed by atoms with Crippen molar-refractivity contribution >= 4 is 12.0 Å². The van der Waals surface area contributed by atoms with Crippen LogP contribution in [0.1, 0.15) is 15.9 Å². The van der Waals surface area contributed by atoms with Gasteiger partial charge in [-0.15, -0.1) is 0 Å². The number of hydrogen-bond donors (Lipinski definition) is 1. The maximum absolute atomic E-state index is 13.1. The summed E-state index contributed by atoms with van der Waals surface area (Å²) in [6.45, 7) is -0.608. The van der Waals surface area contributed by atoms with Gasteiger partial charge in [0.1, 0.15) is 11.4 Å². The van der Waals surface area contributed by atoms with E-state index >= 15 is 0 Å². The van der Waals surface area contributed by atoms with Crippen molar-refractivity contribution in [3.63, 3.8) is 0 Å². The van der Waals surface area contributed by atoms with Crippen LogP contribution in [0.3, 0.4) is 0 Å². The van der Waals surface area contributed by atoms with Gasteiger partial charge in [0.2, 0.25) is 6.08 Å². The summed E-state index contributed by atoms with van der Waals surface area (Å²) in [4.78, 5) is 23.1. The minimum Gasteiger partial charge on any atom is -0.477 e. The highest BCUT2D eigenvalue weighted by atomic mass is 19.2. The lowest BCUT2D eigenvalue weighted by molar-refractivity contribution is 0.0685. The molecular weight excluding hydrogens is 227 g/mol. The number of carbonyl (C=O) groups is 1. The molecule has 0 radical (unpaired) electrons. The molecule has 1 rings (SSSR count). The third-order valence-corrected chi connectivity index (χ3v) is 1.76. The first-order valence-electron chi connectivity index (χ1n) is 3.92. The number of isocyanates is 1. The zero-order valence-corrected chi connectivity index (χ0v) is 7.63. The van der Waals surface area contributed by atoms with E-state index in [1.54, 1.807) is 0 Å². The van der Waals surface area contributed by atoms with E-state index in [-0.39, 0.29) is 0 Å². The average molecular weight is 231 g/mol. The number of hydrogen-bond acceptors (Lipinski definition) is 3. The van der Waals surface area contributed by atoms with Crippen molar-refractivity contribution in [2.75, 3.05) is 0 Å². The SMILES string of the molecule is O=C=NCc1cc(F)c(C(=O)O)c(F)c1F. The summed E-state index contributed by atoms with van der Waals surface area (Å²) in [7, 11) is 0. The van der Waals surface area contributed by atoms with E-state index in [0.29, 0.717) is 6.07 Å². The molecule has 7 heteroatoms. The van der Waals surface area contributed by atoms with Crippen LogP contribution in [0, 0.1) is 17.5 Å². The summed E-state index contributed by atoms with van der Waals surface area (Å²) in [6, 6.07) is 0.475. The number of carboxylic acids is 1. The fourth-order valence-corrected chi connectivity index (χ4v) is 1.07. The Labute approximate surface area is 87.0 Å². The van der Waals surface area contributed by atoms with Crippen molar-refractivity contribution in [1.29, 1.82) is 0 Å². The van der Waals surface area contributed by atoms with Gasteiger partial charge in [0.25, 0.3) is 0 Å². The molecule has 0 atom stereocenters. The number of aromatic carboxylic acids is 1. The molecule has 1 aromatic carbocycles. The summed E-state index contributed by atoms with van der Waals surface area (Å²) in [5.74, 6) is -6.71. The Kier molecular flexibility index (Phi) is 3.42. The van der Waals surface area contributed by atoms with Crippen LogP contribution < -0.4 is 0 Å². The van der Waals surface area contributed by atoms with Crippen molar-refractivity contribution < 1.29 is 27.9 Å². The Bertz CT molecular complexity index is 495. The Balaban J connectivity index is 3.38. The van der Waals surface area contributed by atoms with Crippen LogP contribution in [0.15, 0.2) is 11.1 Å². The number of carbonyl (C=O) groups excluding carboxylic acids is 1. The molecule has 0 amide bonds. The minimum absolute atomic E-state index is 0.475. The maximum atomic E-state index is 13.1. The second-order valence-corrected chi connectivity index (χ2v) is 2.73. The lowest BCUT2D eigenvalue weighted by Gasteiger charge is -2.04. The first-order chi connectivity index (χ1) is 7.49. The molecule has 0 saturated heterocycles. The van der Waals surface area contributed by atoms with Crippen molar-refractivity contribution in [1.82, 2.24) is 0 Å². The standard InChI is InChI=1S/C9H4F3NO3/c10-5-1-4(2-13-3-14)7(11)8(12)6(5)9(15)16/h1H,2H2,(H,15,16). The van der Waals surface area contributed by atoms with Crippen molar-refractivity contribution in [2.45, 2.75) is 6.54 Å².